The van der Waals surface area contributed by atoms with Crippen molar-refractivity contribution in [1.82, 2.24) is 5.32 Å². The molecule has 8 nitrogen and oxygen atoms in total. The molecule has 0 aliphatic carbocycles. The number of hydrogen-bond acceptors (Lipinski definition) is 6. The predicted molar refractivity (Wildman–Crippen MR) is 112 cm³/mol. The summed E-state index contributed by atoms with van der Waals surface area (Å²) < 4.78 is 9.78. The number of amides is 2. The predicted octanol–water partition coefficient (Wildman–Crippen LogP) is 2.25. The molecule has 1 aliphatic heterocycles. The smallest absolute Gasteiger partial charge is 0.337 e. The molecule has 31 heavy (non-hydrogen) atoms. The number of hydrogen-bond donors (Lipinski definition) is 1. The molecule has 0 spiro atoms. The molecule has 1 N–H and O–H groups in total. The van der Waals surface area contributed by atoms with E-state index < -0.39 is 30.4 Å². The molecule has 1 aliphatic rings. The summed E-state index contributed by atoms with van der Waals surface area (Å²) in [6.07, 6.45) is -0.000373. The Hall–Kier alpha value is -3.68. The van der Waals surface area contributed by atoms with Crippen LogP contribution in [0.15, 0.2) is 54.6 Å². The molecule has 0 aromatic heterocycles. The fourth-order valence-corrected chi connectivity index (χ4v) is 3.37. The second-order valence-corrected chi connectivity index (χ2v) is 7.25. The van der Waals surface area contributed by atoms with E-state index in [9.17, 15) is 19.2 Å². The lowest BCUT2D eigenvalue weighted by Crippen LogP contribution is -2.32. The molecule has 2 aromatic carbocycles. The molecule has 1 fully saturated rings. The van der Waals surface area contributed by atoms with E-state index in [-0.39, 0.29) is 24.9 Å². The average molecular weight is 424 g/mol. The highest BCUT2D eigenvalue weighted by molar-refractivity contribution is 6.00. The fourth-order valence-electron chi connectivity index (χ4n) is 3.37. The van der Waals surface area contributed by atoms with Gasteiger partial charge in [-0.05, 0) is 36.8 Å². The first-order valence-electron chi connectivity index (χ1n) is 9.88. The number of ether oxygens (including phenoxy) is 2. The molecule has 3 rings (SSSR count). The number of carbonyl (C=O) groups is 4. The van der Waals surface area contributed by atoms with Gasteiger partial charge >= 0.3 is 11.9 Å². The molecule has 1 saturated heterocycles. The van der Waals surface area contributed by atoms with Crippen molar-refractivity contribution in [2.75, 3.05) is 25.2 Å². The molecule has 0 radical (unpaired) electrons. The third kappa shape index (κ3) is 5.48. The van der Waals surface area contributed by atoms with E-state index in [2.05, 4.69) is 10.1 Å². The third-order valence-corrected chi connectivity index (χ3v) is 5.08. The maximum Gasteiger partial charge on any atom is 0.337 e. The zero-order chi connectivity index (χ0) is 22.4. The van der Waals surface area contributed by atoms with Gasteiger partial charge in [-0.15, -0.1) is 0 Å². The van der Waals surface area contributed by atoms with E-state index >= 15 is 0 Å². The summed E-state index contributed by atoms with van der Waals surface area (Å²) in [5.41, 5.74) is 1.88. The van der Waals surface area contributed by atoms with Gasteiger partial charge < -0.3 is 19.7 Å². The van der Waals surface area contributed by atoms with Crippen molar-refractivity contribution in [2.45, 2.75) is 19.4 Å². The van der Waals surface area contributed by atoms with Gasteiger partial charge in [-0.2, -0.15) is 0 Å². The number of esters is 2. The number of anilines is 1. The monoisotopic (exact) mass is 424 g/mol. The maximum absolute atomic E-state index is 12.4. The van der Waals surface area contributed by atoms with Crippen molar-refractivity contribution >= 4 is 29.4 Å². The molecule has 0 bridgehead atoms. The van der Waals surface area contributed by atoms with Gasteiger partial charge in [-0.25, -0.2) is 4.79 Å². The van der Waals surface area contributed by atoms with Crippen molar-refractivity contribution in [3.05, 3.63) is 65.7 Å². The van der Waals surface area contributed by atoms with Crippen LogP contribution in [0.1, 0.15) is 35.3 Å². The highest BCUT2D eigenvalue weighted by atomic mass is 16.5. The van der Waals surface area contributed by atoms with Crippen LogP contribution in [0.5, 0.6) is 0 Å². The van der Waals surface area contributed by atoms with Gasteiger partial charge in [0.25, 0.3) is 5.91 Å². The molecule has 1 heterocycles. The van der Waals surface area contributed by atoms with Gasteiger partial charge in [0.05, 0.1) is 24.6 Å². The Bertz CT molecular complexity index is 958. The van der Waals surface area contributed by atoms with Gasteiger partial charge in [0.15, 0.2) is 6.61 Å². The molecule has 2 aromatic rings. The van der Waals surface area contributed by atoms with E-state index in [0.29, 0.717) is 11.3 Å². The van der Waals surface area contributed by atoms with Crippen LogP contribution in [0.3, 0.4) is 0 Å². The molecular weight excluding hydrogens is 400 g/mol. The van der Waals surface area contributed by atoms with Crippen molar-refractivity contribution in [2.24, 2.45) is 5.92 Å². The van der Waals surface area contributed by atoms with Crippen LogP contribution in [-0.4, -0.2) is 44.0 Å². The Balaban J connectivity index is 1.51. The second-order valence-electron chi connectivity index (χ2n) is 7.25. The minimum atomic E-state index is -0.660. The number of methoxy groups -OCH3 is 1. The van der Waals surface area contributed by atoms with Gasteiger partial charge in [0.2, 0.25) is 5.91 Å². The minimum absolute atomic E-state index is 0.000373. The number of nitrogens with zero attached hydrogens (tertiary/aromatic N) is 1. The molecule has 162 valence electrons. The van der Waals surface area contributed by atoms with Crippen molar-refractivity contribution < 1.29 is 28.7 Å². The number of benzene rings is 2. The molecule has 0 unspecified atom stereocenters. The van der Waals surface area contributed by atoms with Crippen LogP contribution < -0.4 is 10.2 Å². The SMILES string of the molecule is COC(=O)c1ccc(N2C[C@H](C(=O)OCC(=O)N[C@H](C)c3ccccc3)CC2=O)cc1. The number of rotatable bonds is 7. The Kier molecular flexibility index (Phi) is 7.02. The van der Waals surface area contributed by atoms with E-state index in [4.69, 9.17) is 4.74 Å². The summed E-state index contributed by atoms with van der Waals surface area (Å²) in [4.78, 5) is 49.8. The standard InChI is InChI=1S/C23H24N2O6/c1-15(16-6-4-3-5-7-16)24-20(26)14-31-23(29)18-12-21(27)25(13-18)19-10-8-17(9-11-19)22(28)30-2/h3-11,15,18H,12-14H2,1-2H3,(H,24,26)/t15-,18-/m1/s1. The summed E-state index contributed by atoms with van der Waals surface area (Å²) in [7, 11) is 1.29. The maximum atomic E-state index is 12.4. The summed E-state index contributed by atoms with van der Waals surface area (Å²) in [6, 6.07) is 15.6. The lowest BCUT2D eigenvalue weighted by atomic mass is 10.1. The molecule has 8 heteroatoms. The lowest BCUT2D eigenvalue weighted by Gasteiger charge is -2.17. The normalized spacial score (nSPS) is 16.5. The summed E-state index contributed by atoms with van der Waals surface area (Å²) in [5.74, 6) is -2.36. The highest BCUT2D eigenvalue weighted by Gasteiger charge is 2.36. The fraction of sp³-hybridized carbons (Fsp3) is 0.304. The lowest BCUT2D eigenvalue weighted by molar-refractivity contribution is -0.152. The third-order valence-electron chi connectivity index (χ3n) is 5.08. The van der Waals surface area contributed by atoms with Gasteiger partial charge in [-0.1, -0.05) is 30.3 Å². The highest BCUT2D eigenvalue weighted by Crippen LogP contribution is 2.26. The van der Waals surface area contributed by atoms with Crippen molar-refractivity contribution in [3.8, 4) is 0 Å². The van der Waals surface area contributed by atoms with Crippen LogP contribution in [0.2, 0.25) is 0 Å². The first-order valence-corrected chi connectivity index (χ1v) is 9.88. The minimum Gasteiger partial charge on any atom is -0.465 e. The Morgan fingerprint density at radius 2 is 1.77 bits per heavy atom. The average Bonchev–Trinajstić information content (AvgIpc) is 3.19. The summed E-state index contributed by atoms with van der Waals surface area (Å²) in [6.45, 7) is 1.58. The number of carbonyl (C=O) groups excluding carboxylic acids is 4. The van der Waals surface area contributed by atoms with Crippen molar-refractivity contribution in [1.29, 1.82) is 0 Å². The van der Waals surface area contributed by atoms with Gasteiger partial charge in [-0.3, -0.25) is 14.4 Å². The summed E-state index contributed by atoms with van der Waals surface area (Å²) >= 11 is 0. The molecule has 2 atom stereocenters. The van der Waals surface area contributed by atoms with Crippen LogP contribution in [0.25, 0.3) is 0 Å². The topological polar surface area (TPSA) is 102 Å². The molecular formula is C23H24N2O6. The van der Waals surface area contributed by atoms with Crippen LogP contribution in [0.4, 0.5) is 5.69 Å². The van der Waals surface area contributed by atoms with E-state index in [1.165, 1.54) is 12.0 Å². The van der Waals surface area contributed by atoms with Gasteiger partial charge in [0.1, 0.15) is 0 Å². The second kappa shape index (κ2) is 9.88. The zero-order valence-corrected chi connectivity index (χ0v) is 17.4. The van der Waals surface area contributed by atoms with Crippen molar-refractivity contribution in [3.63, 3.8) is 0 Å². The zero-order valence-electron chi connectivity index (χ0n) is 17.4. The Morgan fingerprint density at radius 3 is 2.42 bits per heavy atom. The largest absolute Gasteiger partial charge is 0.465 e. The molecule has 0 saturated carbocycles. The van der Waals surface area contributed by atoms with Crippen LogP contribution in [-0.2, 0) is 23.9 Å². The van der Waals surface area contributed by atoms with E-state index in [1.54, 1.807) is 24.3 Å². The first-order chi connectivity index (χ1) is 14.9. The van der Waals surface area contributed by atoms with E-state index in [0.717, 1.165) is 5.56 Å². The Labute approximate surface area is 180 Å². The Morgan fingerprint density at radius 1 is 1.10 bits per heavy atom. The quantitative estimate of drug-likeness (QED) is 0.684. The first kappa shape index (κ1) is 22.0. The molecule has 2 amide bonds. The number of nitrogens with one attached hydrogen (secondary N) is 1. The van der Waals surface area contributed by atoms with Crippen LogP contribution in [0, 0.1) is 5.92 Å². The summed E-state index contributed by atoms with van der Waals surface area (Å²) in [5, 5.41) is 2.77. The van der Waals surface area contributed by atoms with Crippen LogP contribution >= 0.6 is 0 Å². The van der Waals surface area contributed by atoms with E-state index in [1.807, 2.05) is 37.3 Å². The van der Waals surface area contributed by atoms with Gasteiger partial charge in [0, 0.05) is 18.7 Å².